The van der Waals surface area contributed by atoms with Crippen molar-refractivity contribution in [3.63, 3.8) is 0 Å². The molecule has 1 aliphatic carbocycles. The molecule has 2 rings (SSSR count). The molecule has 1 nitrogen and oxygen atoms in total. The van der Waals surface area contributed by atoms with Crippen LogP contribution in [0.1, 0.15) is 48.5 Å². The fourth-order valence-corrected chi connectivity index (χ4v) is 3.85. The fourth-order valence-electron chi connectivity index (χ4n) is 2.31. The average molecular weight is 334 g/mol. The molecule has 1 aromatic carbocycles. The highest BCUT2D eigenvalue weighted by Crippen LogP contribution is 2.45. The Balaban J connectivity index is 2.71. The molecule has 1 aliphatic rings. The van der Waals surface area contributed by atoms with Crippen LogP contribution < -0.4 is 0 Å². The molecule has 0 amide bonds. The van der Waals surface area contributed by atoms with Gasteiger partial charge in [0, 0.05) is 8.95 Å². The lowest BCUT2D eigenvalue weighted by Crippen LogP contribution is -2.14. The molecular weight excluding hydrogens is 320 g/mol. The van der Waals surface area contributed by atoms with E-state index in [1.807, 2.05) is 0 Å². The third-order valence-corrected chi connectivity index (χ3v) is 4.88. The first-order valence-electron chi connectivity index (χ1n) is 5.18. The average Bonchev–Trinajstić information content (AvgIpc) is 2.18. The van der Waals surface area contributed by atoms with Gasteiger partial charge in [0.15, 0.2) is 0 Å². The second kappa shape index (κ2) is 4.19. The van der Waals surface area contributed by atoms with Crippen molar-refractivity contribution in [3.8, 4) is 0 Å². The smallest absolute Gasteiger partial charge is 0.0804 e. The minimum atomic E-state index is -0.318. The molecule has 1 N–H and O–H groups in total. The number of hydrogen-bond donors (Lipinski definition) is 1. The van der Waals surface area contributed by atoms with Gasteiger partial charge >= 0.3 is 0 Å². The van der Waals surface area contributed by atoms with Crippen molar-refractivity contribution in [3.05, 3.63) is 31.7 Å². The topological polar surface area (TPSA) is 20.2 Å². The van der Waals surface area contributed by atoms with Gasteiger partial charge in [-0.05, 0) is 48.4 Å². The van der Waals surface area contributed by atoms with E-state index >= 15 is 0 Å². The van der Waals surface area contributed by atoms with Crippen LogP contribution in [0, 0.1) is 6.92 Å². The van der Waals surface area contributed by atoms with Gasteiger partial charge in [-0.15, -0.1) is 0 Å². The summed E-state index contributed by atoms with van der Waals surface area (Å²) in [6.45, 7) is 4.28. The van der Waals surface area contributed by atoms with Crippen LogP contribution in [0.15, 0.2) is 15.0 Å². The lowest BCUT2D eigenvalue weighted by atomic mass is 9.81. The summed E-state index contributed by atoms with van der Waals surface area (Å²) in [6.07, 6.45) is 1.60. The summed E-state index contributed by atoms with van der Waals surface area (Å²) >= 11 is 7.19. The molecule has 1 aromatic rings. The first-order chi connectivity index (χ1) is 7.02. The van der Waals surface area contributed by atoms with Gasteiger partial charge in [0.25, 0.3) is 0 Å². The Hall–Kier alpha value is 0.140. The molecule has 0 aliphatic heterocycles. The van der Waals surface area contributed by atoms with Crippen molar-refractivity contribution in [2.75, 3.05) is 0 Å². The summed E-state index contributed by atoms with van der Waals surface area (Å²) in [6, 6.07) is 2.12. The predicted octanol–water partition coefficient (Wildman–Crippen LogP) is 4.45. The van der Waals surface area contributed by atoms with Crippen molar-refractivity contribution in [1.82, 2.24) is 0 Å². The van der Waals surface area contributed by atoms with Crippen LogP contribution in [-0.4, -0.2) is 5.11 Å². The number of hydrogen-bond acceptors (Lipinski definition) is 1. The van der Waals surface area contributed by atoms with Crippen LogP contribution in [0.25, 0.3) is 0 Å². The Labute approximate surface area is 107 Å². The van der Waals surface area contributed by atoms with E-state index in [0.717, 1.165) is 27.4 Å². The molecule has 0 radical (unpaired) electrons. The molecule has 1 unspecified atom stereocenters. The molecule has 0 heterocycles. The minimum Gasteiger partial charge on any atom is -0.388 e. The highest BCUT2D eigenvalue weighted by Gasteiger charge is 2.28. The van der Waals surface area contributed by atoms with E-state index in [-0.39, 0.29) is 6.10 Å². The van der Waals surface area contributed by atoms with Crippen molar-refractivity contribution >= 4 is 31.9 Å². The van der Waals surface area contributed by atoms with Crippen LogP contribution in [0.5, 0.6) is 0 Å². The van der Waals surface area contributed by atoms with Crippen molar-refractivity contribution in [1.29, 1.82) is 0 Å². The standard InChI is InChI=1S/C12H14Br2O/c1-6-3-4-9(15)11-10(6)8(13)5-7(2)12(11)14/h5-6,9,15H,3-4H2,1-2H3/t6?,9-/m0/s1. The van der Waals surface area contributed by atoms with Gasteiger partial charge < -0.3 is 5.11 Å². The molecule has 0 spiro atoms. The zero-order chi connectivity index (χ0) is 11.2. The fraction of sp³-hybridized carbons (Fsp3) is 0.500. The Morgan fingerprint density at radius 1 is 1.27 bits per heavy atom. The third-order valence-electron chi connectivity index (χ3n) is 3.17. The van der Waals surface area contributed by atoms with Gasteiger partial charge in [0.2, 0.25) is 0 Å². The number of aliphatic hydroxyl groups is 1. The Bertz CT molecular complexity index is 401. The largest absolute Gasteiger partial charge is 0.388 e. The lowest BCUT2D eigenvalue weighted by molar-refractivity contribution is 0.150. The van der Waals surface area contributed by atoms with Crippen LogP contribution in [0.4, 0.5) is 0 Å². The van der Waals surface area contributed by atoms with Gasteiger partial charge in [-0.25, -0.2) is 0 Å². The maximum Gasteiger partial charge on any atom is 0.0804 e. The third kappa shape index (κ3) is 1.90. The predicted molar refractivity (Wildman–Crippen MR) is 69.2 cm³/mol. The molecule has 0 saturated heterocycles. The number of halogens is 2. The summed E-state index contributed by atoms with van der Waals surface area (Å²) in [5.41, 5.74) is 3.53. The first-order valence-corrected chi connectivity index (χ1v) is 6.77. The molecule has 82 valence electrons. The van der Waals surface area contributed by atoms with Gasteiger partial charge in [-0.1, -0.05) is 38.8 Å². The van der Waals surface area contributed by atoms with Gasteiger partial charge in [-0.3, -0.25) is 0 Å². The van der Waals surface area contributed by atoms with E-state index in [2.05, 4.69) is 51.8 Å². The van der Waals surface area contributed by atoms with Gasteiger partial charge in [0.05, 0.1) is 6.10 Å². The molecule has 15 heavy (non-hydrogen) atoms. The minimum absolute atomic E-state index is 0.318. The SMILES string of the molecule is Cc1cc(Br)c2c(c1Br)[C@@H](O)CCC2C. The summed E-state index contributed by atoms with van der Waals surface area (Å²) in [5.74, 6) is 0.523. The summed E-state index contributed by atoms with van der Waals surface area (Å²) in [4.78, 5) is 0. The second-order valence-corrected chi connectivity index (χ2v) is 5.96. The maximum absolute atomic E-state index is 10.1. The lowest BCUT2D eigenvalue weighted by Gasteiger charge is -2.29. The summed E-state index contributed by atoms with van der Waals surface area (Å²) in [7, 11) is 0. The van der Waals surface area contributed by atoms with Crippen LogP contribution >= 0.6 is 31.9 Å². The highest BCUT2D eigenvalue weighted by molar-refractivity contribution is 9.11. The van der Waals surface area contributed by atoms with E-state index < -0.39 is 0 Å². The van der Waals surface area contributed by atoms with Crippen molar-refractivity contribution in [2.24, 2.45) is 0 Å². The van der Waals surface area contributed by atoms with E-state index in [1.165, 1.54) is 11.1 Å². The zero-order valence-corrected chi connectivity index (χ0v) is 12.0. The van der Waals surface area contributed by atoms with E-state index in [9.17, 15) is 5.11 Å². The van der Waals surface area contributed by atoms with Crippen molar-refractivity contribution in [2.45, 2.75) is 38.7 Å². The number of aryl methyl sites for hydroxylation is 1. The second-order valence-electron chi connectivity index (χ2n) is 4.31. The molecule has 0 saturated carbocycles. The normalized spacial score (nSPS) is 25.1. The summed E-state index contributed by atoms with van der Waals surface area (Å²) < 4.78 is 2.20. The van der Waals surface area contributed by atoms with E-state index in [0.29, 0.717) is 5.92 Å². The molecule has 2 atom stereocenters. The molecule has 3 heteroatoms. The van der Waals surface area contributed by atoms with Crippen LogP contribution in [0.2, 0.25) is 0 Å². The van der Waals surface area contributed by atoms with Gasteiger partial charge in [0.1, 0.15) is 0 Å². The van der Waals surface area contributed by atoms with Gasteiger partial charge in [-0.2, -0.15) is 0 Å². The van der Waals surface area contributed by atoms with Crippen molar-refractivity contribution < 1.29 is 5.11 Å². The number of rotatable bonds is 0. The quantitative estimate of drug-likeness (QED) is 0.743. The van der Waals surface area contributed by atoms with Crippen LogP contribution in [0.3, 0.4) is 0 Å². The molecule has 0 fully saturated rings. The number of benzene rings is 1. The maximum atomic E-state index is 10.1. The summed E-state index contributed by atoms with van der Waals surface area (Å²) in [5, 5.41) is 10.1. The Morgan fingerprint density at radius 2 is 1.93 bits per heavy atom. The Morgan fingerprint density at radius 3 is 2.60 bits per heavy atom. The number of fused-ring (bicyclic) bond motifs is 1. The molecule has 0 bridgehead atoms. The Kier molecular flexibility index (Phi) is 3.25. The number of aliphatic hydroxyl groups excluding tert-OH is 1. The first kappa shape index (κ1) is 11.6. The molecule has 0 aromatic heterocycles. The molecular formula is C12H14Br2O. The monoisotopic (exact) mass is 332 g/mol. The van der Waals surface area contributed by atoms with Crippen LogP contribution in [-0.2, 0) is 0 Å². The van der Waals surface area contributed by atoms with E-state index in [4.69, 9.17) is 0 Å². The zero-order valence-electron chi connectivity index (χ0n) is 8.85. The highest BCUT2D eigenvalue weighted by atomic mass is 79.9. The van der Waals surface area contributed by atoms with E-state index in [1.54, 1.807) is 0 Å².